The van der Waals surface area contributed by atoms with Crippen LogP contribution in [0.25, 0.3) is 0 Å². The van der Waals surface area contributed by atoms with E-state index >= 15 is 0 Å². The number of nitrogens with zero attached hydrogens (tertiary/aromatic N) is 2. The first-order valence-corrected chi connectivity index (χ1v) is 8.40. The molecule has 2 unspecified atom stereocenters. The van der Waals surface area contributed by atoms with E-state index in [1.165, 1.54) is 0 Å². The van der Waals surface area contributed by atoms with Gasteiger partial charge in [0, 0.05) is 37.9 Å². The second-order valence-corrected chi connectivity index (χ2v) is 6.15. The molecule has 0 radical (unpaired) electrons. The number of carbonyl (C=O) groups is 1. The van der Waals surface area contributed by atoms with Gasteiger partial charge in [0.05, 0.1) is 18.8 Å². The zero-order valence-corrected chi connectivity index (χ0v) is 13.3. The molecule has 2 aliphatic rings. The minimum absolute atomic E-state index is 0.00796. The minimum Gasteiger partial charge on any atom is -0.472 e. The molecule has 3 heterocycles. The van der Waals surface area contributed by atoms with Gasteiger partial charge in [0.1, 0.15) is 6.10 Å². The molecule has 0 aliphatic carbocycles. The van der Waals surface area contributed by atoms with Gasteiger partial charge in [-0.3, -0.25) is 4.79 Å². The van der Waals surface area contributed by atoms with Crippen LogP contribution in [0.4, 0.5) is 0 Å². The van der Waals surface area contributed by atoms with Crippen molar-refractivity contribution in [3.05, 3.63) is 23.9 Å². The number of pyridine rings is 1. The highest BCUT2D eigenvalue weighted by Gasteiger charge is 2.27. The van der Waals surface area contributed by atoms with E-state index in [-0.39, 0.29) is 24.7 Å². The highest BCUT2D eigenvalue weighted by Crippen LogP contribution is 2.22. The van der Waals surface area contributed by atoms with Gasteiger partial charge in [-0.1, -0.05) is 0 Å². The molecule has 3 rings (SSSR count). The van der Waals surface area contributed by atoms with E-state index in [0.717, 1.165) is 38.8 Å². The molecule has 2 fully saturated rings. The molecule has 126 valence electrons. The molecule has 23 heavy (non-hydrogen) atoms. The van der Waals surface area contributed by atoms with Crippen molar-refractivity contribution in [3.8, 4) is 5.88 Å². The molecular formula is C17H24N2O4. The zero-order chi connectivity index (χ0) is 16.1. The van der Waals surface area contributed by atoms with Gasteiger partial charge in [0.2, 0.25) is 5.88 Å². The normalized spacial score (nSPS) is 24.7. The Bertz CT molecular complexity index is 512. The van der Waals surface area contributed by atoms with Crippen LogP contribution in [0.5, 0.6) is 5.88 Å². The number of aromatic nitrogens is 1. The number of aliphatic hydroxyl groups is 1. The van der Waals surface area contributed by atoms with Crippen LogP contribution in [0.1, 0.15) is 42.5 Å². The lowest BCUT2D eigenvalue weighted by Crippen LogP contribution is -2.44. The number of rotatable bonds is 5. The third-order valence-electron chi connectivity index (χ3n) is 4.51. The number of hydrogen-bond donors (Lipinski definition) is 1. The number of likely N-dealkylation sites (tertiary alicyclic amines) is 1. The maximum absolute atomic E-state index is 12.7. The molecule has 0 bridgehead atoms. The summed E-state index contributed by atoms with van der Waals surface area (Å²) < 4.78 is 11.0. The molecule has 2 saturated heterocycles. The van der Waals surface area contributed by atoms with Crippen LogP contribution in [-0.2, 0) is 4.74 Å². The Labute approximate surface area is 136 Å². The third-order valence-corrected chi connectivity index (χ3v) is 4.51. The number of amides is 1. The van der Waals surface area contributed by atoms with E-state index in [2.05, 4.69) is 4.98 Å². The second kappa shape index (κ2) is 7.75. The van der Waals surface area contributed by atoms with Gasteiger partial charge in [-0.25, -0.2) is 4.98 Å². The largest absolute Gasteiger partial charge is 0.472 e. The molecule has 1 amide bonds. The van der Waals surface area contributed by atoms with Crippen LogP contribution >= 0.6 is 0 Å². The van der Waals surface area contributed by atoms with Gasteiger partial charge >= 0.3 is 0 Å². The van der Waals surface area contributed by atoms with Crippen LogP contribution in [-0.4, -0.2) is 59.4 Å². The van der Waals surface area contributed by atoms with Crippen molar-refractivity contribution < 1.29 is 19.4 Å². The maximum atomic E-state index is 12.7. The molecular weight excluding hydrogens is 296 g/mol. The average Bonchev–Trinajstić information content (AvgIpc) is 3.09. The molecule has 0 spiro atoms. The van der Waals surface area contributed by atoms with Crippen molar-refractivity contribution in [2.45, 2.75) is 44.2 Å². The summed E-state index contributed by atoms with van der Waals surface area (Å²) in [7, 11) is 0. The van der Waals surface area contributed by atoms with Gasteiger partial charge in [0.25, 0.3) is 5.91 Å². The minimum atomic E-state index is -0.00796. The summed E-state index contributed by atoms with van der Waals surface area (Å²) in [4.78, 5) is 18.8. The number of hydrogen-bond acceptors (Lipinski definition) is 5. The number of aliphatic hydroxyl groups excluding tert-OH is 1. The fourth-order valence-electron chi connectivity index (χ4n) is 3.24. The van der Waals surface area contributed by atoms with Crippen molar-refractivity contribution >= 4 is 5.91 Å². The standard InChI is InChI=1S/C17H24N2O4/c20-9-6-14-3-1-2-8-19(14)17(21)13-4-5-16(18-11-13)23-15-7-10-22-12-15/h4-5,11,14-15,20H,1-3,6-10,12H2. The van der Waals surface area contributed by atoms with Crippen LogP contribution in [0.15, 0.2) is 18.3 Å². The van der Waals surface area contributed by atoms with E-state index in [4.69, 9.17) is 9.47 Å². The molecule has 0 aromatic carbocycles. The lowest BCUT2D eigenvalue weighted by molar-refractivity contribution is 0.0574. The Hall–Kier alpha value is -1.66. The van der Waals surface area contributed by atoms with Crippen LogP contribution in [0.3, 0.4) is 0 Å². The molecule has 2 aliphatic heterocycles. The average molecular weight is 320 g/mol. The molecule has 6 nitrogen and oxygen atoms in total. The summed E-state index contributed by atoms with van der Waals surface area (Å²) in [6, 6.07) is 3.65. The van der Waals surface area contributed by atoms with E-state index < -0.39 is 0 Å². The molecule has 2 atom stereocenters. The monoisotopic (exact) mass is 320 g/mol. The van der Waals surface area contributed by atoms with Crippen molar-refractivity contribution in [1.82, 2.24) is 9.88 Å². The van der Waals surface area contributed by atoms with Crippen molar-refractivity contribution in [2.75, 3.05) is 26.4 Å². The Balaban J connectivity index is 1.64. The second-order valence-electron chi connectivity index (χ2n) is 6.15. The molecule has 6 heteroatoms. The topological polar surface area (TPSA) is 71.9 Å². The first-order chi connectivity index (χ1) is 11.3. The lowest BCUT2D eigenvalue weighted by Gasteiger charge is -2.35. The predicted octanol–water partition coefficient (Wildman–Crippen LogP) is 1.63. The Kier molecular flexibility index (Phi) is 5.46. The molecule has 1 aromatic heterocycles. The summed E-state index contributed by atoms with van der Waals surface area (Å²) in [6.45, 7) is 2.19. The van der Waals surface area contributed by atoms with Gasteiger partial charge in [-0.15, -0.1) is 0 Å². The van der Waals surface area contributed by atoms with E-state index in [1.807, 2.05) is 4.90 Å². The Morgan fingerprint density at radius 1 is 1.39 bits per heavy atom. The quantitative estimate of drug-likeness (QED) is 0.893. The molecule has 1 N–H and O–H groups in total. The van der Waals surface area contributed by atoms with E-state index in [1.54, 1.807) is 18.3 Å². The fraction of sp³-hybridized carbons (Fsp3) is 0.647. The highest BCUT2D eigenvalue weighted by atomic mass is 16.5. The molecule has 1 aromatic rings. The number of carbonyl (C=O) groups excluding carboxylic acids is 1. The van der Waals surface area contributed by atoms with Crippen LogP contribution in [0, 0.1) is 0 Å². The van der Waals surface area contributed by atoms with Crippen molar-refractivity contribution in [1.29, 1.82) is 0 Å². The number of ether oxygens (including phenoxy) is 2. The third kappa shape index (κ3) is 4.00. The first-order valence-electron chi connectivity index (χ1n) is 8.40. The van der Waals surface area contributed by atoms with E-state index in [0.29, 0.717) is 24.5 Å². The Morgan fingerprint density at radius 3 is 3.00 bits per heavy atom. The van der Waals surface area contributed by atoms with Crippen molar-refractivity contribution in [2.24, 2.45) is 0 Å². The predicted molar refractivity (Wildman–Crippen MR) is 84.5 cm³/mol. The van der Waals surface area contributed by atoms with Crippen LogP contribution in [0.2, 0.25) is 0 Å². The smallest absolute Gasteiger partial charge is 0.255 e. The lowest BCUT2D eigenvalue weighted by atomic mass is 9.98. The van der Waals surface area contributed by atoms with Gasteiger partial charge < -0.3 is 19.5 Å². The van der Waals surface area contributed by atoms with Gasteiger partial charge in [-0.05, 0) is 31.7 Å². The Morgan fingerprint density at radius 2 is 2.30 bits per heavy atom. The summed E-state index contributed by atoms with van der Waals surface area (Å²) in [5.41, 5.74) is 0.574. The van der Waals surface area contributed by atoms with E-state index in [9.17, 15) is 9.90 Å². The van der Waals surface area contributed by atoms with Crippen molar-refractivity contribution in [3.63, 3.8) is 0 Å². The SMILES string of the molecule is O=C(c1ccc(OC2CCOC2)nc1)N1CCCCC1CCO. The van der Waals surface area contributed by atoms with Gasteiger partial charge in [0.15, 0.2) is 0 Å². The highest BCUT2D eigenvalue weighted by molar-refractivity contribution is 5.94. The summed E-state index contributed by atoms with van der Waals surface area (Å²) >= 11 is 0. The van der Waals surface area contributed by atoms with Crippen LogP contribution < -0.4 is 4.74 Å². The number of piperidine rings is 1. The molecule has 0 saturated carbocycles. The maximum Gasteiger partial charge on any atom is 0.255 e. The first kappa shape index (κ1) is 16.2. The summed E-state index contributed by atoms with van der Waals surface area (Å²) in [6.07, 6.45) is 6.24. The zero-order valence-electron chi connectivity index (χ0n) is 13.3. The van der Waals surface area contributed by atoms with Gasteiger partial charge in [-0.2, -0.15) is 0 Å². The summed E-state index contributed by atoms with van der Waals surface area (Å²) in [5, 5.41) is 9.18. The fourth-order valence-corrected chi connectivity index (χ4v) is 3.24. The summed E-state index contributed by atoms with van der Waals surface area (Å²) in [5.74, 6) is 0.522.